The molecule has 1 aromatic heterocycles. The number of benzene rings is 2. The predicted molar refractivity (Wildman–Crippen MR) is 156 cm³/mol. The number of pyridine rings is 1. The van der Waals surface area contributed by atoms with Crippen molar-refractivity contribution in [2.75, 3.05) is 0 Å². The number of aromatic nitrogens is 1. The average molecular weight is 617 g/mol. The molecule has 0 fully saturated rings. The highest BCUT2D eigenvalue weighted by Crippen LogP contribution is 2.46. The Morgan fingerprint density at radius 2 is 1.67 bits per heavy atom. The first-order chi connectivity index (χ1) is 20.1. The second kappa shape index (κ2) is 12.1. The van der Waals surface area contributed by atoms with E-state index in [1.165, 1.54) is 6.20 Å². The van der Waals surface area contributed by atoms with Gasteiger partial charge in [-0.3, -0.25) is 0 Å². The highest BCUT2D eigenvalue weighted by molar-refractivity contribution is 7.89. The van der Waals surface area contributed by atoms with Crippen molar-refractivity contribution in [3.63, 3.8) is 0 Å². The molecule has 230 valence electrons. The molecule has 7 nitrogen and oxygen atoms in total. The third-order valence-corrected chi connectivity index (χ3v) is 8.89. The molecule has 4 rings (SSSR count). The van der Waals surface area contributed by atoms with Gasteiger partial charge in [0.05, 0.1) is 11.6 Å². The van der Waals surface area contributed by atoms with Crippen LogP contribution in [0.1, 0.15) is 58.1 Å². The van der Waals surface area contributed by atoms with Gasteiger partial charge in [0.2, 0.25) is 0 Å². The van der Waals surface area contributed by atoms with Gasteiger partial charge in [-0.1, -0.05) is 82.3 Å². The predicted octanol–water partition coefficient (Wildman–Crippen LogP) is 7.00. The van der Waals surface area contributed by atoms with Gasteiger partial charge in [0.1, 0.15) is 11.4 Å². The monoisotopic (exact) mass is 616 g/mol. The van der Waals surface area contributed by atoms with Crippen LogP contribution in [-0.4, -0.2) is 36.7 Å². The van der Waals surface area contributed by atoms with Crippen LogP contribution in [0.3, 0.4) is 0 Å². The maximum Gasteiger partial charge on any atom is 0.389 e. The molecule has 0 spiro atoms. The molecule has 1 aliphatic rings. The number of rotatable bonds is 9. The number of nitrogens with one attached hydrogen (secondary N) is 1. The number of hydrogen-bond donors (Lipinski definition) is 2. The lowest BCUT2D eigenvalue weighted by atomic mass is 9.76. The summed E-state index contributed by atoms with van der Waals surface area (Å²) >= 11 is 0. The van der Waals surface area contributed by atoms with Crippen LogP contribution in [0.15, 0.2) is 89.3 Å². The molecule has 43 heavy (non-hydrogen) atoms. The van der Waals surface area contributed by atoms with Crippen molar-refractivity contribution in [1.29, 1.82) is 0 Å². The van der Waals surface area contributed by atoms with Crippen molar-refractivity contribution >= 4 is 16.0 Å². The molecule has 2 heterocycles. The molecule has 2 aromatic carbocycles. The summed E-state index contributed by atoms with van der Waals surface area (Å²) in [5.74, 6) is -1.62. The molecule has 0 radical (unpaired) electrons. The van der Waals surface area contributed by atoms with Crippen molar-refractivity contribution in [2.24, 2.45) is 5.41 Å². The number of aliphatic hydroxyl groups excluding tert-OH is 1. The minimum absolute atomic E-state index is 0.281. The van der Waals surface area contributed by atoms with Gasteiger partial charge in [0.15, 0.2) is 5.03 Å². The summed E-state index contributed by atoms with van der Waals surface area (Å²) < 4.78 is 76.4. The number of aliphatic hydroxyl groups is 1. The van der Waals surface area contributed by atoms with E-state index in [-0.39, 0.29) is 10.6 Å². The number of sulfonamides is 1. The number of aryl methyl sites for hydroxylation is 1. The van der Waals surface area contributed by atoms with Crippen LogP contribution >= 0.6 is 0 Å². The van der Waals surface area contributed by atoms with Crippen molar-refractivity contribution in [3.8, 4) is 11.1 Å². The Kier molecular flexibility index (Phi) is 9.08. The summed E-state index contributed by atoms with van der Waals surface area (Å²) in [7, 11) is -4.40. The van der Waals surface area contributed by atoms with E-state index in [0.717, 1.165) is 0 Å². The maximum atomic E-state index is 13.8. The highest BCUT2D eigenvalue weighted by atomic mass is 32.2. The fourth-order valence-electron chi connectivity index (χ4n) is 5.40. The number of carbonyl (C=O) groups is 1. The van der Waals surface area contributed by atoms with Crippen LogP contribution in [0.25, 0.3) is 11.1 Å². The minimum Gasteiger partial charge on any atom is -0.512 e. The first-order valence-electron chi connectivity index (χ1n) is 13.9. The van der Waals surface area contributed by atoms with Crippen molar-refractivity contribution in [2.45, 2.75) is 76.2 Å². The quantitative estimate of drug-likeness (QED) is 0.251. The molecule has 2 N–H and O–H groups in total. The second-order valence-corrected chi connectivity index (χ2v) is 13.3. The summed E-state index contributed by atoms with van der Waals surface area (Å²) in [6.45, 7) is 6.83. The van der Waals surface area contributed by atoms with E-state index in [1.54, 1.807) is 87.5 Å². The molecule has 0 aliphatic carbocycles. The number of hydrogen-bond acceptors (Lipinski definition) is 6. The van der Waals surface area contributed by atoms with Gasteiger partial charge in [0, 0.05) is 31.0 Å². The van der Waals surface area contributed by atoms with Gasteiger partial charge in [-0.15, -0.1) is 0 Å². The smallest absolute Gasteiger partial charge is 0.389 e. The second-order valence-electron chi connectivity index (χ2n) is 11.7. The molecular weight excluding hydrogens is 581 g/mol. The van der Waals surface area contributed by atoms with E-state index in [0.29, 0.717) is 28.7 Å². The van der Waals surface area contributed by atoms with Crippen LogP contribution in [0.2, 0.25) is 0 Å². The molecule has 0 saturated heterocycles. The fraction of sp³-hybridized carbons (Fsp3) is 0.375. The number of esters is 1. The molecule has 0 saturated carbocycles. The van der Waals surface area contributed by atoms with Gasteiger partial charge < -0.3 is 9.84 Å². The number of halogens is 3. The van der Waals surface area contributed by atoms with Crippen LogP contribution in [0.5, 0.6) is 0 Å². The lowest BCUT2D eigenvalue weighted by Crippen LogP contribution is -2.50. The van der Waals surface area contributed by atoms with E-state index < -0.39 is 64.2 Å². The lowest BCUT2D eigenvalue weighted by Gasteiger charge is -2.42. The lowest BCUT2D eigenvalue weighted by molar-refractivity contribution is -0.175. The number of carbonyl (C=O) groups excluding carboxylic acids is 1. The van der Waals surface area contributed by atoms with Crippen LogP contribution in [0.4, 0.5) is 13.2 Å². The maximum absolute atomic E-state index is 13.8. The fourth-order valence-corrected chi connectivity index (χ4v) is 6.97. The summed E-state index contributed by atoms with van der Waals surface area (Å²) in [6, 6.07) is 17.4. The van der Waals surface area contributed by atoms with Gasteiger partial charge in [0.25, 0.3) is 10.0 Å². The van der Waals surface area contributed by atoms with Crippen molar-refractivity contribution in [1.82, 2.24) is 9.71 Å². The van der Waals surface area contributed by atoms with Crippen molar-refractivity contribution < 1.29 is 36.2 Å². The number of cyclic esters (lactones) is 1. The van der Waals surface area contributed by atoms with Crippen LogP contribution < -0.4 is 4.72 Å². The summed E-state index contributed by atoms with van der Waals surface area (Å²) in [4.78, 5) is 17.9. The molecule has 2 atom stereocenters. The normalized spacial score (nSPS) is 18.8. The summed E-state index contributed by atoms with van der Waals surface area (Å²) in [6.07, 6.45) is -5.07. The van der Waals surface area contributed by atoms with Gasteiger partial charge >= 0.3 is 12.1 Å². The van der Waals surface area contributed by atoms with E-state index in [2.05, 4.69) is 9.71 Å². The largest absolute Gasteiger partial charge is 0.512 e. The van der Waals surface area contributed by atoms with E-state index in [1.807, 2.05) is 6.92 Å². The first-order valence-corrected chi connectivity index (χ1v) is 15.4. The molecule has 0 amide bonds. The number of nitrogens with zero attached hydrogens (tertiary/aromatic N) is 1. The Bertz CT molecular complexity index is 1620. The molecule has 3 aromatic rings. The van der Waals surface area contributed by atoms with Gasteiger partial charge in [-0.25, -0.2) is 22.9 Å². The van der Waals surface area contributed by atoms with E-state index >= 15 is 0 Å². The van der Waals surface area contributed by atoms with E-state index in [9.17, 15) is 31.5 Å². The van der Waals surface area contributed by atoms with Crippen LogP contribution in [-0.2, 0) is 31.6 Å². The Labute approximate surface area is 249 Å². The molecule has 1 aliphatic heterocycles. The standard InChI is InChI=1S/C32H35F3N2O5S/c1-5-21-12-9-10-16-24(21)31(17-18-32(33,34)35)20-25(38)26(29(39)42-31)27(30(2,3)4)37-43(40,41)28-23(15-11-19-36-28)22-13-7-6-8-14-22/h6-16,19,27,37-38H,5,17-18,20H2,1-4H3/t27?,31-/m1/s1. The molecular formula is C32H35F3N2O5S. The Morgan fingerprint density at radius 1 is 1.02 bits per heavy atom. The minimum atomic E-state index is -4.54. The molecule has 1 unspecified atom stereocenters. The Balaban J connectivity index is 1.80. The third-order valence-electron chi connectivity index (χ3n) is 7.51. The first kappa shape index (κ1) is 32.2. The zero-order valence-electron chi connectivity index (χ0n) is 24.4. The zero-order valence-corrected chi connectivity index (χ0v) is 25.2. The SMILES string of the molecule is CCc1ccccc1[C@@]1(CCC(F)(F)F)CC(O)=C(C(NS(=O)(=O)c2ncccc2-c2ccccc2)C(C)(C)C)C(=O)O1. The molecule has 0 bridgehead atoms. The molecule has 11 heteroatoms. The average Bonchev–Trinajstić information content (AvgIpc) is 2.95. The summed E-state index contributed by atoms with van der Waals surface area (Å²) in [5.41, 5.74) is -1.16. The Hall–Kier alpha value is -3.70. The van der Waals surface area contributed by atoms with Gasteiger partial charge in [-0.05, 0) is 40.7 Å². The number of ether oxygens (including phenoxy) is 1. The van der Waals surface area contributed by atoms with Crippen molar-refractivity contribution in [3.05, 3.63) is 95.4 Å². The van der Waals surface area contributed by atoms with Crippen LogP contribution in [0, 0.1) is 5.41 Å². The zero-order chi connectivity index (χ0) is 31.6. The number of alkyl halides is 3. The topological polar surface area (TPSA) is 106 Å². The van der Waals surface area contributed by atoms with Gasteiger partial charge in [-0.2, -0.15) is 13.2 Å². The third kappa shape index (κ3) is 7.10. The highest BCUT2D eigenvalue weighted by Gasteiger charge is 2.50. The van der Waals surface area contributed by atoms with E-state index in [4.69, 9.17) is 4.74 Å². The summed E-state index contributed by atoms with van der Waals surface area (Å²) in [5, 5.41) is 11.1. The Morgan fingerprint density at radius 3 is 2.28 bits per heavy atom.